The summed E-state index contributed by atoms with van der Waals surface area (Å²) >= 11 is 0. The molecule has 100 valence electrons. The lowest BCUT2D eigenvalue weighted by Crippen LogP contribution is -2.57. The van der Waals surface area contributed by atoms with Crippen molar-refractivity contribution in [1.82, 2.24) is 0 Å². The summed E-state index contributed by atoms with van der Waals surface area (Å²) in [4.78, 5) is 11.7. The van der Waals surface area contributed by atoms with Crippen molar-refractivity contribution >= 4 is 14.1 Å². The number of ether oxygens (including phenoxy) is 1. The molecule has 3 nitrogen and oxygen atoms in total. The summed E-state index contributed by atoms with van der Waals surface area (Å²) in [6.07, 6.45) is 0.448. The van der Waals surface area contributed by atoms with Crippen molar-refractivity contribution in [1.29, 1.82) is 0 Å². The first kappa shape index (κ1) is 14.9. The Kier molecular flexibility index (Phi) is 3.92. The van der Waals surface area contributed by atoms with Gasteiger partial charge in [-0.25, -0.2) is 0 Å². The zero-order chi connectivity index (χ0) is 13.5. The van der Waals surface area contributed by atoms with Crippen LogP contribution < -0.4 is 0 Å². The third kappa shape index (κ3) is 3.17. The zero-order valence-corrected chi connectivity index (χ0v) is 13.2. The highest BCUT2D eigenvalue weighted by molar-refractivity contribution is 6.74. The maximum atomic E-state index is 11.7. The summed E-state index contributed by atoms with van der Waals surface area (Å²) in [5, 5.41) is 0.219. The number of Topliss-reactive ketones (excluding diaryl/α,β-unsaturated/α-hetero) is 1. The molecule has 1 fully saturated rings. The van der Waals surface area contributed by atoms with Crippen LogP contribution in [-0.4, -0.2) is 32.4 Å². The molecule has 0 N–H and O–H groups in total. The molecular formula is C13H26O3Si. The highest BCUT2D eigenvalue weighted by atomic mass is 28.4. The molecule has 1 saturated heterocycles. The van der Waals surface area contributed by atoms with E-state index in [1.807, 2.05) is 13.8 Å². The second-order valence-corrected chi connectivity index (χ2v) is 11.7. The van der Waals surface area contributed by atoms with Crippen molar-refractivity contribution in [3.63, 3.8) is 0 Å². The van der Waals surface area contributed by atoms with E-state index in [9.17, 15) is 4.79 Å². The van der Waals surface area contributed by atoms with Gasteiger partial charge in [0.25, 0.3) is 0 Å². The highest BCUT2D eigenvalue weighted by Gasteiger charge is 2.47. The van der Waals surface area contributed by atoms with Crippen molar-refractivity contribution in [2.24, 2.45) is 0 Å². The van der Waals surface area contributed by atoms with Gasteiger partial charge in [0, 0.05) is 13.0 Å². The van der Waals surface area contributed by atoms with Crippen LogP contribution in [0.25, 0.3) is 0 Å². The summed E-state index contributed by atoms with van der Waals surface area (Å²) in [6, 6.07) is 0. The molecule has 0 aliphatic carbocycles. The van der Waals surface area contributed by atoms with Crippen LogP contribution in [0.3, 0.4) is 0 Å². The van der Waals surface area contributed by atoms with Crippen LogP contribution in [0.4, 0.5) is 0 Å². The highest BCUT2D eigenvalue weighted by Crippen LogP contribution is 2.37. The molecule has 17 heavy (non-hydrogen) atoms. The van der Waals surface area contributed by atoms with Crippen LogP contribution in [0.1, 0.15) is 41.0 Å². The molecule has 4 heteroatoms. The fraction of sp³-hybridized carbons (Fsp3) is 0.923. The molecular weight excluding hydrogens is 232 g/mol. The number of rotatable bonds is 4. The minimum absolute atomic E-state index is 0.205. The molecule has 0 aromatic rings. The van der Waals surface area contributed by atoms with Crippen LogP contribution in [0.5, 0.6) is 0 Å². The normalized spacial score (nSPS) is 24.6. The fourth-order valence-corrected chi connectivity index (χ4v) is 2.69. The van der Waals surface area contributed by atoms with E-state index in [1.165, 1.54) is 0 Å². The third-order valence-corrected chi connectivity index (χ3v) is 8.51. The number of carbonyl (C=O) groups is 1. The Labute approximate surface area is 106 Å². The largest absolute Gasteiger partial charge is 0.417 e. The molecule has 0 radical (unpaired) electrons. The van der Waals surface area contributed by atoms with Crippen molar-refractivity contribution in [2.75, 3.05) is 6.61 Å². The van der Waals surface area contributed by atoms with E-state index in [-0.39, 0.29) is 16.9 Å². The lowest BCUT2D eigenvalue weighted by molar-refractivity contribution is -0.195. The SMILES string of the molecule is CC1(C)O[C@@H](CCO[Si](C)(C)C(C)(C)C)C1=O. The topological polar surface area (TPSA) is 35.5 Å². The Bertz CT molecular complexity index is 302. The van der Waals surface area contributed by atoms with E-state index < -0.39 is 13.9 Å². The summed E-state index contributed by atoms with van der Waals surface area (Å²) in [5.74, 6) is 0.205. The Hall–Kier alpha value is -0.193. The minimum Gasteiger partial charge on any atom is -0.417 e. The van der Waals surface area contributed by atoms with E-state index in [0.717, 1.165) is 0 Å². The average Bonchev–Trinajstić information content (AvgIpc) is 2.14. The van der Waals surface area contributed by atoms with Crippen LogP contribution in [0.2, 0.25) is 18.1 Å². The fourth-order valence-electron chi connectivity index (χ4n) is 1.62. The van der Waals surface area contributed by atoms with E-state index in [2.05, 4.69) is 33.9 Å². The van der Waals surface area contributed by atoms with Gasteiger partial charge < -0.3 is 9.16 Å². The second-order valence-electron chi connectivity index (χ2n) is 6.88. The summed E-state index contributed by atoms with van der Waals surface area (Å²) in [7, 11) is -1.68. The molecule has 1 aliphatic rings. The molecule has 0 aromatic carbocycles. The maximum Gasteiger partial charge on any atom is 0.192 e. The van der Waals surface area contributed by atoms with Gasteiger partial charge in [-0.05, 0) is 32.0 Å². The molecule has 0 spiro atoms. The van der Waals surface area contributed by atoms with Gasteiger partial charge in [-0.15, -0.1) is 0 Å². The Morgan fingerprint density at radius 1 is 1.35 bits per heavy atom. The molecule has 0 unspecified atom stereocenters. The standard InChI is InChI=1S/C13H26O3Si/c1-12(2,3)17(6,7)15-9-8-10-11(14)13(4,5)16-10/h10H,8-9H2,1-7H3/t10-/m0/s1. The van der Waals surface area contributed by atoms with Crippen molar-refractivity contribution < 1.29 is 14.0 Å². The smallest absolute Gasteiger partial charge is 0.192 e. The predicted octanol–water partition coefficient (Wildman–Crippen LogP) is 3.14. The van der Waals surface area contributed by atoms with Gasteiger partial charge in [0.05, 0.1) is 0 Å². The minimum atomic E-state index is -1.68. The lowest BCUT2D eigenvalue weighted by atomic mass is 9.90. The number of hydrogen-bond acceptors (Lipinski definition) is 3. The summed E-state index contributed by atoms with van der Waals surface area (Å²) in [6.45, 7) is 15.4. The van der Waals surface area contributed by atoms with Gasteiger partial charge in [0.2, 0.25) is 0 Å². The molecule has 0 saturated carbocycles. The average molecular weight is 258 g/mol. The van der Waals surface area contributed by atoms with Crippen LogP contribution in [0, 0.1) is 0 Å². The van der Waals surface area contributed by atoms with Crippen molar-refractivity contribution in [3.05, 3.63) is 0 Å². The number of carbonyl (C=O) groups excluding carboxylic acids is 1. The number of ketones is 1. The van der Waals surface area contributed by atoms with Gasteiger partial charge in [-0.3, -0.25) is 4.79 Å². The van der Waals surface area contributed by atoms with Gasteiger partial charge in [-0.2, -0.15) is 0 Å². The van der Waals surface area contributed by atoms with Crippen LogP contribution >= 0.6 is 0 Å². The lowest BCUT2D eigenvalue weighted by Gasteiger charge is -2.42. The van der Waals surface area contributed by atoms with E-state index >= 15 is 0 Å². The third-order valence-electron chi connectivity index (χ3n) is 3.97. The molecule has 0 aromatic heterocycles. The van der Waals surface area contributed by atoms with E-state index in [0.29, 0.717) is 13.0 Å². The predicted molar refractivity (Wildman–Crippen MR) is 71.7 cm³/mol. The van der Waals surface area contributed by atoms with Gasteiger partial charge >= 0.3 is 0 Å². The van der Waals surface area contributed by atoms with Gasteiger partial charge in [-0.1, -0.05) is 20.8 Å². The zero-order valence-electron chi connectivity index (χ0n) is 12.2. The second kappa shape index (κ2) is 4.48. The summed E-state index contributed by atoms with van der Waals surface area (Å²) in [5.41, 5.74) is -0.568. The van der Waals surface area contributed by atoms with Gasteiger partial charge in [0.1, 0.15) is 11.7 Å². The first-order valence-electron chi connectivity index (χ1n) is 6.33. The molecule has 1 atom stereocenters. The summed E-state index contributed by atoms with van der Waals surface area (Å²) < 4.78 is 11.5. The van der Waals surface area contributed by atoms with E-state index in [4.69, 9.17) is 9.16 Å². The maximum absolute atomic E-state index is 11.7. The number of hydrogen-bond donors (Lipinski definition) is 0. The van der Waals surface area contributed by atoms with Crippen molar-refractivity contribution in [3.8, 4) is 0 Å². The Balaban J connectivity index is 2.33. The van der Waals surface area contributed by atoms with Crippen LogP contribution in [-0.2, 0) is 14.0 Å². The molecule has 0 bridgehead atoms. The first-order valence-corrected chi connectivity index (χ1v) is 9.24. The Morgan fingerprint density at radius 2 is 1.88 bits per heavy atom. The quantitative estimate of drug-likeness (QED) is 0.727. The van der Waals surface area contributed by atoms with Crippen LogP contribution in [0.15, 0.2) is 0 Å². The van der Waals surface area contributed by atoms with Gasteiger partial charge in [0.15, 0.2) is 14.1 Å². The Morgan fingerprint density at radius 3 is 2.24 bits per heavy atom. The van der Waals surface area contributed by atoms with Crippen molar-refractivity contribution in [2.45, 2.75) is 70.9 Å². The molecule has 1 rings (SSSR count). The first-order chi connectivity index (χ1) is 7.47. The molecule has 0 amide bonds. The monoisotopic (exact) mass is 258 g/mol. The van der Waals surface area contributed by atoms with E-state index in [1.54, 1.807) is 0 Å². The molecule has 1 heterocycles. The molecule has 1 aliphatic heterocycles.